The average Bonchev–Trinajstić information content (AvgIpc) is 3.10. The Morgan fingerprint density at radius 1 is 1.00 bits per heavy atom. The third-order valence-electron chi connectivity index (χ3n) is 3.52. The predicted octanol–water partition coefficient (Wildman–Crippen LogP) is -1.50. The zero-order valence-corrected chi connectivity index (χ0v) is 12.8. The predicted molar refractivity (Wildman–Crippen MR) is 62.7 cm³/mol. The van der Waals surface area contributed by atoms with Gasteiger partial charge in [-0.3, -0.25) is 0 Å². The Labute approximate surface area is 133 Å². The number of hydrogen-bond acceptors (Lipinski definition) is 5. The van der Waals surface area contributed by atoms with Crippen LogP contribution in [0.5, 0.6) is 0 Å². The molecule has 0 spiro atoms. The van der Waals surface area contributed by atoms with Crippen LogP contribution in [0, 0.1) is 5.92 Å². The molecule has 0 aromatic carbocycles. The van der Waals surface area contributed by atoms with Gasteiger partial charge in [0.1, 0.15) is 0 Å². The molecular formula is C9H13F3LiNO5S2. The summed E-state index contributed by atoms with van der Waals surface area (Å²) in [6.45, 7) is 0.620. The Bertz CT molecular complexity index is 565. The van der Waals surface area contributed by atoms with Crippen LogP contribution < -0.4 is 18.9 Å². The van der Waals surface area contributed by atoms with E-state index in [2.05, 4.69) is 4.13 Å². The fourth-order valence-electron chi connectivity index (χ4n) is 2.33. The molecule has 1 saturated carbocycles. The van der Waals surface area contributed by atoms with E-state index in [1.807, 2.05) is 0 Å². The van der Waals surface area contributed by atoms with Gasteiger partial charge in [0.2, 0.25) is 0 Å². The van der Waals surface area contributed by atoms with Gasteiger partial charge in [-0.2, -0.15) is 13.2 Å². The van der Waals surface area contributed by atoms with Gasteiger partial charge in [-0.25, -0.2) is 16.8 Å². The van der Waals surface area contributed by atoms with Crippen molar-refractivity contribution in [2.45, 2.75) is 42.5 Å². The molecule has 1 atom stereocenters. The molecule has 21 heavy (non-hydrogen) atoms. The summed E-state index contributed by atoms with van der Waals surface area (Å²) in [5, 5.41) is -1.17. The van der Waals surface area contributed by atoms with Crippen molar-refractivity contribution in [3.8, 4) is 0 Å². The van der Waals surface area contributed by atoms with Crippen molar-refractivity contribution in [3.63, 3.8) is 0 Å². The minimum Gasteiger partial charge on any atom is -0.428 e. The van der Waals surface area contributed by atoms with Crippen LogP contribution >= 0.6 is 0 Å². The van der Waals surface area contributed by atoms with Gasteiger partial charge in [0.25, 0.3) is 0 Å². The molecule has 0 N–H and O–H groups in total. The van der Waals surface area contributed by atoms with Gasteiger partial charge in [-0.15, -0.1) is 0 Å². The van der Waals surface area contributed by atoms with E-state index in [1.54, 1.807) is 0 Å². The van der Waals surface area contributed by atoms with Gasteiger partial charge in [0, 0.05) is 5.25 Å². The van der Waals surface area contributed by atoms with Crippen molar-refractivity contribution in [2.75, 3.05) is 6.61 Å². The molecule has 6 nitrogen and oxygen atoms in total. The van der Waals surface area contributed by atoms with E-state index in [0.717, 1.165) is 0 Å². The smallest absolute Gasteiger partial charge is 0.428 e. The number of nitrogens with zero attached hydrogens (tertiary/aromatic N) is 1. The quantitative estimate of drug-likeness (QED) is 0.457. The summed E-state index contributed by atoms with van der Waals surface area (Å²) in [6, 6.07) is 0. The standard InChI is InChI=1S/C9H13F3NO5S2.Li/c10-9(11,12)20(16,17)13-19(14,15)7-3-1-6(2-4-7)8-5-18-8;/h6-8H,1-5H2;/q-1;+1. The molecule has 0 radical (unpaired) electrons. The van der Waals surface area contributed by atoms with E-state index in [-0.39, 0.29) is 43.7 Å². The number of rotatable bonds is 4. The summed E-state index contributed by atoms with van der Waals surface area (Å²) in [5.41, 5.74) is -5.70. The van der Waals surface area contributed by atoms with E-state index < -0.39 is 30.8 Å². The SMILES string of the molecule is O=S(=O)([N-]S(=O)(=O)C(F)(F)F)C1CCC(C2CO2)CC1.[Li+]. The van der Waals surface area contributed by atoms with Crippen LogP contribution in [0.2, 0.25) is 0 Å². The third kappa shape index (κ3) is 4.59. The number of alkyl halides is 3. The Hall–Kier alpha value is 0.207. The fourth-order valence-corrected chi connectivity index (χ4v) is 5.11. The molecule has 0 aromatic heterocycles. The van der Waals surface area contributed by atoms with Crippen LogP contribution in [0.4, 0.5) is 13.2 Å². The molecule has 2 rings (SSSR count). The molecule has 0 bridgehead atoms. The first kappa shape index (κ1) is 19.3. The molecule has 0 aromatic rings. The summed E-state index contributed by atoms with van der Waals surface area (Å²) in [5.74, 6) is 0.195. The maximum Gasteiger partial charge on any atom is 1.00 e. The van der Waals surface area contributed by atoms with Crippen molar-refractivity contribution >= 4 is 20.0 Å². The van der Waals surface area contributed by atoms with E-state index in [1.165, 1.54) is 0 Å². The van der Waals surface area contributed by atoms with Gasteiger partial charge < -0.3 is 8.86 Å². The summed E-state index contributed by atoms with van der Waals surface area (Å²) in [4.78, 5) is 0. The second kappa shape index (κ2) is 6.37. The van der Waals surface area contributed by atoms with E-state index >= 15 is 0 Å². The van der Waals surface area contributed by atoms with Crippen LogP contribution in [-0.2, 0) is 24.8 Å². The monoisotopic (exact) mass is 343 g/mol. The first-order chi connectivity index (χ1) is 9.03. The molecule has 118 valence electrons. The number of sulfonamides is 2. The summed E-state index contributed by atoms with van der Waals surface area (Å²) >= 11 is 0. The minimum absolute atomic E-state index is 0. The maximum atomic E-state index is 12.1. The normalized spacial score (nSPS) is 30.5. The third-order valence-corrected chi connectivity index (χ3v) is 7.03. The molecule has 1 aliphatic carbocycles. The van der Waals surface area contributed by atoms with Crippen molar-refractivity contribution in [1.29, 1.82) is 0 Å². The van der Waals surface area contributed by atoms with Gasteiger partial charge in [0.05, 0.1) is 22.7 Å². The maximum absolute atomic E-state index is 12.1. The molecular weight excluding hydrogens is 330 g/mol. The Morgan fingerprint density at radius 2 is 1.48 bits per heavy atom. The fraction of sp³-hybridized carbons (Fsp3) is 1.00. The second-order valence-corrected chi connectivity index (χ2v) is 8.62. The van der Waals surface area contributed by atoms with E-state index in [0.29, 0.717) is 19.4 Å². The van der Waals surface area contributed by atoms with Crippen LogP contribution in [0.1, 0.15) is 25.7 Å². The van der Waals surface area contributed by atoms with Crippen molar-refractivity contribution < 1.29 is 53.6 Å². The topological polar surface area (TPSA) is 94.9 Å². The average molecular weight is 343 g/mol. The second-order valence-electron chi connectivity index (χ2n) is 4.92. The number of halogens is 3. The van der Waals surface area contributed by atoms with E-state index in [9.17, 15) is 30.0 Å². The van der Waals surface area contributed by atoms with Crippen LogP contribution in [-0.4, -0.2) is 40.3 Å². The molecule has 1 unspecified atom stereocenters. The first-order valence-corrected chi connectivity index (χ1v) is 8.88. The van der Waals surface area contributed by atoms with Crippen LogP contribution in [0.3, 0.4) is 0 Å². The number of epoxide rings is 1. The van der Waals surface area contributed by atoms with Gasteiger partial charge in [-0.1, -0.05) is 0 Å². The Kier molecular flexibility index (Phi) is 5.84. The van der Waals surface area contributed by atoms with Crippen LogP contribution in [0.25, 0.3) is 4.13 Å². The zero-order valence-electron chi connectivity index (χ0n) is 11.2. The molecule has 1 heterocycles. The summed E-state index contributed by atoms with van der Waals surface area (Å²) in [6.07, 6.45) is 1.27. The van der Waals surface area contributed by atoms with Gasteiger partial charge in [-0.05, 0) is 31.6 Å². The molecule has 1 aliphatic heterocycles. The van der Waals surface area contributed by atoms with Crippen molar-refractivity contribution in [2.24, 2.45) is 5.92 Å². The van der Waals surface area contributed by atoms with Crippen LogP contribution in [0.15, 0.2) is 0 Å². The van der Waals surface area contributed by atoms with Gasteiger partial charge >= 0.3 is 24.4 Å². The van der Waals surface area contributed by atoms with E-state index in [4.69, 9.17) is 4.74 Å². The van der Waals surface area contributed by atoms with Gasteiger partial charge in [0.15, 0.2) is 10.0 Å². The largest absolute Gasteiger partial charge is 1.00 e. The number of hydrogen-bond donors (Lipinski definition) is 0. The minimum atomic E-state index is -6.01. The zero-order chi connectivity index (χ0) is 15.2. The Balaban J connectivity index is 0.00000220. The molecule has 0 amide bonds. The molecule has 2 fully saturated rings. The Morgan fingerprint density at radius 3 is 1.86 bits per heavy atom. The first-order valence-electron chi connectivity index (χ1n) is 5.94. The molecule has 1 saturated heterocycles. The van der Waals surface area contributed by atoms with Crippen molar-refractivity contribution in [1.82, 2.24) is 0 Å². The van der Waals surface area contributed by atoms with Crippen molar-refractivity contribution in [3.05, 3.63) is 4.13 Å². The summed E-state index contributed by atoms with van der Waals surface area (Å²) in [7, 11) is -10.7. The molecule has 12 heteroatoms. The summed E-state index contributed by atoms with van der Waals surface area (Å²) < 4.78 is 88.5. The molecule has 2 aliphatic rings. The number of ether oxygens (including phenoxy) is 1.